The van der Waals surface area contributed by atoms with E-state index in [9.17, 15) is 0 Å². The molecule has 0 rings (SSSR count). The summed E-state index contributed by atoms with van der Waals surface area (Å²) in [6, 6.07) is 0. The molecule has 0 spiro atoms. The zero-order valence-corrected chi connectivity index (χ0v) is 10.1. The molecule has 0 saturated carbocycles. The molecule has 0 saturated heterocycles. The first-order chi connectivity index (χ1) is 5.31. The molecule has 0 aromatic rings. The summed E-state index contributed by atoms with van der Waals surface area (Å²) in [4.78, 5) is 0. The maximum absolute atomic E-state index is 5.91. The van der Waals surface area contributed by atoms with Crippen molar-refractivity contribution in [3.8, 4) is 0 Å². The number of allylic oxidation sites excluding steroid dienone is 2. The highest BCUT2D eigenvalue weighted by atomic mass is 35.6. The van der Waals surface area contributed by atoms with Crippen LogP contribution in [0.15, 0.2) is 11.6 Å². The van der Waals surface area contributed by atoms with E-state index in [1.165, 1.54) is 5.57 Å². The van der Waals surface area contributed by atoms with E-state index in [-0.39, 0.29) is 5.38 Å². The van der Waals surface area contributed by atoms with Gasteiger partial charge in [-0.3, -0.25) is 0 Å². The average molecular weight is 250 g/mol. The van der Waals surface area contributed by atoms with Crippen molar-refractivity contribution in [1.29, 1.82) is 0 Å². The zero-order chi connectivity index (χ0) is 9.78. The molecule has 0 aromatic heterocycles. The van der Waals surface area contributed by atoms with Crippen LogP contribution in [-0.4, -0.2) is 9.17 Å². The van der Waals surface area contributed by atoms with Crippen molar-refractivity contribution >= 4 is 46.4 Å². The van der Waals surface area contributed by atoms with Gasteiger partial charge < -0.3 is 0 Å². The molecule has 0 aliphatic heterocycles. The second-order valence-electron chi connectivity index (χ2n) is 2.93. The first-order valence-electron chi connectivity index (χ1n) is 3.65. The maximum atomic E-state index is 5.91. The summed E-state index contributed by atoms with van der Waals surface area (Å²) >= 11 is 22.6. The summed E-state index contributed by atoms with van der Waals surface area (Å²) in [5, 5.41) is -0.104. The van der Waals surface area contributed by atoms with Crippen LogP contribution in [0.1, 0.15) is 26.7 Å². The Balaban J connectivity index is 3.75. The van der Waals surface area contributed by atoms with Crippen molar-refractivity contribution in [2.75, 3.05) is 0 Å². The standard InChI is InChI=1S/C8H12Cl4/c1-6(2)3-4-7(9)5-8(10,11)12/h3,7H,4-5H2,1-2H3. The van der Waals surface area contributed by atoms with Crippen LogP contribution in [0.25, 0.3) is 0 Å². The largest absolute Gasteiger partial charge is 0.192 e. The van der Waals surface area contributed by atoms with Gasteiger partial charge in [0.05, 0.1) is 0 Å². The smallest absolute Gasteiger partial charge is 0.123 e. The molecule has 12 heavy (non-hydrogen) atoms. The molecule has 0 amide bonds. The molecule has 0 aliphatic rings. The summed E-state index contributed by atoms with van der Waals surface area (Å²) in [5.41, 5.74) is 1.23. The van der Waals surface area contributed by atoms with E-state index < -0.39 is 3.79 Å². The average Bonchev–Trinajstić information content (AvgIpc) is 1.79. The summed E-state index contributed by atoms with van der Waals surface area (Å²) in [6.07, 6.45) is 3.16. The maximum Gasteiger partial charge on any atom is 0.192 e. The van der Waals surface area contributed by atoms with Crippen LogP contribution in [-0.2, 0) is 0 Å². The zero-order valence-electron chi connectivity index (χ0n) is 7.08. The molecule has 1 unspecified atom stereocenters. The van der Waals surface area contributed by atoms with Gasteiger partial charge in [-0.25, -0.2) is 0 Å². The van der Waals surface area contributed by atoms with E-state index in [4.69, 9.17) is 46.4 Å². The Morgan fingerprint density at radius 2 is 1.83 bits per heavy atom. The Bertz CT molecular complexity index is 153. The normalized spacial score (nSPS) is 14.2. The van der Waals surface area contributed by atoms with Gasteiger partial charge in [-0.2, -0.15) is 0 Å². The van der Waals surface area contributed by atoms with Crippen molar-refractivity contribution in [1.82, 2.24) is 0 Å². The summed E-state index contributed by atoms with van der Waals surface area (Å²) in [7, 11) is 0. The summed E-state index contributed by atoms with van der Waals surface area (Å²) in [5.74, 6) is 0. The predicted octanol–water partition coefficient (Wildman–Crippen LogP) is 4.71. The monoisotopic (exact) mass is 248 g/mol. The Morgan fingerprint density at radius 3 is 2.17 bits per heavy atom. The minimum absolute atomic E-state index is 0.104. The van der Waals surface area contributed by atoms with Crippen molar-refractivity contribution in [3.63, 3.8) is 0 Å². The molecule has 0 fully saturated rings. The van der Waals surface area contributed by atoms with Gasteiger partial charge >= 0.3 is 0 Å². The molecule has 4 heteroatoms. The number of rotatable bonds is 3. The Kier molecular flexibility index (Phi) is 6.01. The quantitative estimate of drug-likeness (QED) is 0.502. The lowest BCUT2D eigenvalue weighted by atomic mass is 10.2. The molecular weight excluding hydrogens is 238 g/mol. The van der Waals surface area contributed by atoms with E-state index in [1.54, 1.807) is 0 Å². The first-order valence-corrected chi connectivity index (χ1v) is 5.22. The highest BCUT2D eigenvalue weighted by Gasteiger charge is 2.23. The number of halogens is 4. The van der Waals surface area contributed by atoms with Crippen LogP contribution in [0, 0.1) is 0 Å². The van der Waals surface area contributed by atoms with E-state index in [0.717, 1.165) is 6.42 Å². The van der Waals surface area contributed by atoms with Gasteiger partial charge in [0, 0.05) is 11.8 Å². The summed E-state index contributed by atoms with van der Waals surface area (Å²) < 4.78 is -1.23. The van der Waals surface area contributed by atoms with E-state index in [0.29, 0.717) is 6.42 Å². The highest BCUT2D eigenvalue weighted by Crippen LogP contribution is 2.33. The SMILES string of the molecule is CC(C)=CCC(Cl)CC(Cl)(Cl)Cl. The van der Waals surface area contributed by atoms with Crippen molar-refractivity contribution in [2.45, 2.75) is 35.9 Å². The van der Waals surface area contributed by atoms with Crippen LogP contribution in [0.2, 0.25) is 0 Å². The van der Waals surface area contributed by atoms with Crippen LogP contribution in [0.4, 0.5) is 0 Å². The molecular formula is C8H12Cl4. The Hall–Kier alpha value is 0.900. The van der Waals surface area contributed by atoms with Crippen LogP contribution in [0.5, 0.6) is 0 Å². The molecule has 72 valence electrons. The van der Waals surface area contributed by atoms with E-state index in [1.807, 2.05) is 19.9 Å². The molecule has 0 aromatic carbocycles. The van der Waals surface area contributed by atoms with Crippen molar-refractivity contribution in [2.24, 2.45) is 0 Å². The molecule has 0 radical (unpaired) electrons. The van der Waals surface area contributed by atoms with Crippen LogP contribution in [0.3, 0.4) is 0 Å². The van der Waals surface area contributed by atoms with E-state index in [2.05, 4.69) is 0 Å². The molecule has 0 aliphatic carbocycles. The predicted molar refractivity (Wildman–Crippen MR) is 58.6 cm³/mol. The second kappa shape index (κ2) is 5.59. The fraction of sp³-hybridized carbons (Fsp3) is 0.750. The highest BCUT2D eigenvalue weighted by molar-refractivity contribution is 6.67. The molecule has 0 N–H and O–H groups in total. The number of hydrogen-bond acceptors (Lipinski definition) is 0. The van der Waals surface area contributed by atoms with Gasteiger partial charge in [-0.05, 0) is 20.3 Å². The van der Waals surface area contributed by atoms with Crippen LogP contribution < -0.4 is 0 Å². The molecule has 0 heterocycles. The lowest BCUT2D eigenvalue weighted by Gasteiger charge is -2.13. The van der Waals surface area contributed by atoms with Gasteiger partial charge in [-0.1, -0.05) is 46.5 Å². The third-order valence-corrected chi connectivity index (χ3v) is 2.03. The minimum Gasteiger partial charge on any atom is -0.123 e. The first kappa shape index (κ1) is 12.9. The summed E-state index contributed by atoms with van der Waals surface area (Å²) in [6.45, 7) is 4.03. The van der Waals surface area contributed by atoms with Crippen molar-refractivity contribution in [3.05, 3.63) is 11.6 Å². The fourth-order valence-corrected chi connectivity index (χ4v) is 1.81. The third-order valence-electron chi connectivity index (χ3n) is 1.23. The van der Waals surface area contributed by atoms with Gasteiger partial charge in [0.1, 0.15) is 0 Å². The Morgan fingerprint density at radius 1 is 1.33 bits per heavy atom. The van der Waals surface area contributed by atoms with Gasteiger partial charge in [0.15, 0.2) is 3.79 Å². The minimum atomic E-state index is -1.23. The molecule has 1 atom stereocenters. The lowest BCUT2D eigenvalue weighted by Crippen LogP contribution is -2.10. The fourth-order valence-electron chi connectivity index (χ4n) is 0.698. The Labute approximate surface area is 93.8 Å². The molecule has 0 bridgehead atoms. The van der Waals surface area contributed by atoms with Crippen molar-refractivity contribution < 1.29 is 0 Å². The van der Waals surface area contributed by atoms with Gasteiger partial charge in [-0.15, -0.1) is 11.6 Å². The lowest BCUT2D eigenvalue weighted by molar-refractivity contribution is 0.774. The third kappa shape index (κ3) is 8.99. The second-order valence-corrected chi connectivity index (χ2v) is 6.07. The van der Waals surface area contributed by atoms with Gasteiger partial charge in [0.25, 0.3) is 0 Å². The number of hydrogen-bond donors (Lipinski definition) is 0. The van der Waals surface area contributed by atoms with Crippen LogP contribution >= 0.6 is 46.4 Å². The van der Waals surface area contributed by atoms with E-state index >= 15 is 0 Å². The number of alkyl halides is 4. The molecule has 0 nitrogen and oxygen atoms in total. The topological polar surface area (TPSA) is 0 Å². The van der Waals surface area contributed by atoms with Gasteiger partial charge in [0.2, 0.25) is 0 Å².